The second-order valence-corrected chi connectivity index (χ2v) is 13.2. The van der Waals surface area contributed by atoms with Gasteiger partial charge in [0.2, 0.25) is 0 Å². The zero-order valence-corrected chi connectivity index (χ0v) is 29.5. The van der Waals surface area contributed by atoms with Crippen molar-refractivity contribution in [1.82, 2.24) is 0 Å². The lowest BCUT2D eigenvalue weighted by molar-refractivity contribution is -0.152. The molecule has 0 unspecified atom stereocenters. The van der Waals surface area contributed by atoms with Crippen LogP contribution < -0.4 is 0 Å². The maximum absolute atomic E-state index is 11.9. The summed E-state index contributed by atoms with van der Waals surface area (Å²) in [7, 11) is 0. The number of ketones is 1. The summed E-state index contributed by atoms with van der Waals surface area (Å²) in [6.07, 6.45) is 33.5. The van der Waals surface area contributed by atoms with Crippen LogP contribution in [0.2, 0.25) is 0 Å². The molecule has 0 fully saturated rings. The second kappa shape index (κ2) is 33.4. The monoisotopic (exact) mass is 635 g/mol. The predicted molar refractivity (Wildman–Crippen MR) is 187 cm³/mol. The minimum Gasteiger partial charge on any atom is -0.463 e. The van der Waals surface area contributed by atoms with Crippen LogP contribution in [0.1, 0.15) is 181 Å². The Labute approximate surface area is 277 Å². The third-order valence-electron chi connectivity index (χ3n) is 8.09. The van der Waals surface area contributed by atoms with Gasteiger partial charge in [0, 0.05) is 19.3 Å². The lowest BCUT2D eigenvalue weighted by atomic mass is 10.0. The summed E-state index contributed by atoms with van der Waals surface area (Å²) in [5, 5.41) is 9.99. The van der Waals surface area contributed by atoms with Crippen LogP contribution in [0, 0.1) is 5.92 Å². The van der Waals surface area contributed by atoms with E-state index in [2.05, 4.69) is 26.8 Å². The molecule has 0 bridgehead atoms. The highest BCUT2D eigenvalue weighted by Crippen LogP contribution is 2.15. The number of hydrogen-bond donors (Lipinski definition) is 1. The van der Waals surface area contributed by atoms with Gasteiger partial charge >= 0.3 is 11.9 Å². The molecule has 45 heavy (non-hydrogen) atoms. The molecule has 0 aromatic carbocycles. The quantitative estimate of drug-likeness (QED) is 0.0334. The molecule has 0 saturated carbocycles. The van der Waals surface area contributed by atoms with Crippen molar-refractivity contribution in [2.24, 2.45) is 5.92 Å². The third-order valence-corrected chi connectivity index (χ3v) is 8.09. The number of hydrogen-bond acceptors (Lipinski definition) is 6. The molecule has 0 aliphatic heterocycles. The van der Waals surface area contributed by atoms with E-state index >= 15 is 0 Å². The summed E-state index contributed by atoms with van der Waals surface area (Å²) < 4.78 is 10.3. The Morgan fingerprint density at radius 1 is 0.578 bits per heavy atom. The van der Waals surface area contributed by atoms with Crippen LogP contribution in [0.5, 0.6) is 0 Å². The maximum atomic E-state index is 11.9. The number of esters is 2. The van der Waals surface area contributed by atoms with E-state index in [1.165, 1.54) is 64.2 Å². The average Bonchev–Trinajstić information content (AvgIpc) is 3.01. The SMILES string of the molecule is CCCCCC(=O)/C=C/C=C\CCCCCCCC(=O)OC[C@H](O)COC(=O)CCCCCCCCCCCCCCC(C)C. The first-order valence-corrected chi connectivity index (χ1v) is 18.7. The van der Waals surface area contributed by atoms with Gasteiger partial charge in [-0.15, -0.1) is 0 Å². The summed E-state index contributed by atoms with van der Waals surface area (Å²) in [5.74, 6) is 0.414. The van der Waals surface area contributed by atoms with Gasteiger partial charge < -0.3 is 14.6 Å². The summed E-state index contributed by atoms with van der Waals surface area (Å²) in [6.45, 7) is 6.46. The second-order valence-electron chi connectivity index (χ2n) is 13.2. The van der Waals surface area contributed by atoms with E-state index in [1.54, 1.807) is 6.08 Å². The lowest BCUT2D eigenvalue weighted by Crippen LogP contribution is -2.25. The molecule has 0 aliphatic rings. The lowest BCUT2D eigenvalue weighted by Gasteiger charge is -2.12. The van der Waals surface area contributed by atoms with Crippen molar-refractivity contribution < 1.29 is 29.0 Å². The first-order chi connectivity index (χ1) is 21.8. The number of unbranched alkanes of at least 4 members (excludes halogenated alkanes) is 18. The van der Waals surface area contributed by atoms with E-state index in [1.807, 2.05) is 12.2 Å². The van der Waals surface area contributed by atoms with E-state index in [4.69, 9.17) is 9.47 Å². The third kappa shape index (κ3) is 34.8. The fourth-order valence-electron chi connectivity index (χ4n) is 5.19. The van der Waals surface area contributed by atoms with Gasteiger partial charge in [-0.2, -0.15) is 0 Å². The van der Waals surface area contributed by atoms with Crippen LogP contribution >= 0.6 is 0 Å². The van der Waals surface area contributed by atoms with Crippen molar-refractivity contribution in [3.8, 4) is 0 Å². The van der Waals surface area contributed by atoms with Gasteiger partial charge in [-0.1, -0.05) is 148 Å². The Morgan fingerprint density at radius 3 is 1.51 bits per heavy atom. The van der Waals surface area contributed by atoms with Crippen molar-refractivity contribution >= 4 is 17.7 Å². The molecule has 0 spiro atoms. The standard InChI is InChI=1S/C39H70O6/c1-4-5-23-29-36(40)30-25-20-16-12-10-14-18-22-27-32-39(43)45-34-37(41)33-44-38(42)31-26-21-17-13-9-7-6-8-11-15-19-24-28-35(2)3/h16,20,25,30,35,37,41H,4-15,17-19,21-24,26-29,31-34H2,1-3H3/b20-16-,30-25+/t37-/m1/s1. The molecule has 0 aromatic rings. The molecular formula is C39H70O6. The number of carbonyl (C=O) groups is 3. The summed E-state index contributed by atoms with van der Waals surface area (Å²) in [4.78, 5) is 35.5. The van der Waals surface area contributed by atoms with Gasteiger partial charge in [-0.3, -0.25) is 14.4 Å². The molecule has 0 aliphatic carbocycles. The van der Waals surface area contributed by atoms with Crippen molar-refractivity contribution in [3.63, 3.8) is 0 Å². The van der Waals surface area contributed by atoms with Crippen LogP contribution in [-0.2, 0) is 23.9 Å². The number of aliphatic hydroxyl groups excluding tert-OH is 1. The van der Waals surface area contributed by atoms with Gasteiger partial charge in [0.25, 0.3) is 0 Å². The Balaban J connectivity index is 3.50. The fourth-order valence-corrected chi connectivity index (χ4v) is 5.19. The van der Waals surface area contributed by atoms with Gasteiger partial charge in [0.15, 0.2) is 5.78 Å². The Morgan fingerprint density at radius 2 is 1.02 bits per heavy atom. The molecule has 262 valence electrons. The molecule has 0 aromatic heterocycles. The summed E-state index contributed by atoms with van der Waals surface area (Å²) in [6, 6.07) is 0. The maximum Gasteiger partial charge on any atom is 0.305 e. The van der Waals surface area contributed by atoms with E-state index in [0.29, 0.717) is 19.3 Å². The number of rotatable bonds is 33. The minimum atomic E-state index is -0.986. The van der Waals surface area contributed by atoms with E-state index in [9.17, 15) is 19.5 Å². The van der Waals surface area contributed by atoms with Crippen LogP contribution in [0.4, 0.5) is 0 Å². The summed E-state index contributed by atoms with van der Waals surface area (Å²) in [5.41, 5.74) is 0. The smallest absolute Gasteiger partial charge is 0.305 e. The molecule has 0 rings (SSSR count). The highest BCUT2D eigenvalue weighted by atomic mass is 16.6. The first kappa shape index (κ1) is 43.0. The molecule has 6 nitrogen and oxygen atoms in total. The normalized spacial score (nSPS) is 12.4. The van der Waals surface area contributed by atoms with Crippen molar-refractivity contribution in [1.29, 1.82) is 0 Å². The Kier molecular flexibility index (Phi) is 32.0. The van der Waals surface area contributed by atoms with Crippen molar-refractivity contribution in [2.75, 3.05) is 13.2 Å². The average molecular weight is 635 g/mol. The van der Waals surface area contributed by atoms with E-state index in [0.717, 1.165) is 83.0 Å². The number of ether oxygens (including phenoxy) is 2. The van der Waals surface area contributed by atoms with Crippen molar-refractivity contribution in [2.45, 2.75) is 187 Å². The van der Waals surface area contributed by atoms with Gasteiger partial charge in [0.05, 0.1) is 0 Å². The molecule has 0 radical (unpaired) electrons. The van der Waals surface area contributed by atoms with Crippen LogP contribution in [0.15, 0.2) is 24.3 Å². The fraction of sp³-hybridized carbons (Fsp3) is 0.821. The van der Waals surface area contributed by atoms with Crippen LogP contribution in [0.25, 0.3) is 0 Å². The number of allylic oxidation sites excluding steroid dienone is 4. The molecular weight excluding hydrogens is 564 g/mol. The largest absolute Gasteiger partial charge is 0.463 e. The van der Waals surface area contributed by atoms with Crippen LogP contribution in [-0.4, -0.2) is 42.1 Å². The first-order valence-electron chi connectivity index (χ1n) is 18.7. The minimum absolute atomic E-state index is 0.136. The Bertz CT molecular complexity index is 757. The number of aliphatic hydroxyl groups is 1. The predicted octanol–water partition coefficient (Wildman–Crippen LogP) is 10.5. The van der Waals surface area contributed by atoms with Gasteiger partial charge in [-0.05, 0) is 44.1 Å². The Hall–Kier alpha value is -1.95. The molecule has 0 amide bonds. The summed E-state index contributed by atoms with van der Waals surface area (Å²) >= 11 is 0. The zero-order valence-electron chi connectivity index (χ0n) is 29.5. The van der Waals surface area contributed by atoms with E-state index < -0.39 is 6.10 Å². The molecule has 6 heteroatoms. The molecule has 1 N–H and O–H groups in total. The molecule has 0 saturated heterocycles. The van der Waals surface area contributed by atoms with E-state index in [-0.39, 0.29) is 30.9 Å². The molecule has 0 heterocycles. The van der Waals surface area contributed by atoms with Gasteiger partial charge in [-0.25, -0.2) is 0 Å². The highest BCUT2D eigenvalue weighted by molar-refractivity contribution is 5.89. The highest BCUT2D eigenvalue weighted by Gasteiger charge is 2.12. The van der Waals surface area contributed by atoms with Crippen molar-refractivity contribution in [3.05, 3.63) is 24.3 Å². The number of carbonyl (C=O) groups excluding carboxylic acids is 3. The molecule has 1 atom stereocenters. The van der Waals surface area contributed by atoms with Crippen LogP contribution in [0.3, 0.4) is 0 Å². The van der Waals surface area contributed by atoms with Gasteiger partial charge in [0.1, 0.15) is 19.3 Å². The zero-order chi connectivity index (χ0) is 33.2. The topological polar surface area (TPSA) is 89.9 Å².